The second-order valence-corrected chi connectivity index (χ2v) is 6.71. The molecular formula is C12H12BrF2N3O2S. The van der Waals surface area contributed by atoms with Crippen molar-refractivity contribution in [3.63, 3.8) is 0 Å². The number of nitrogens with zero attached hydrogens (tertiary/aromatic N) is 2. The zero-order chi connectivity index (χ0) is 15.8. The third-order valence-electron chi connectivity index (χ3n) is 2.91. The summed E-state index contributed by atoms with van der Waals surface area (Å²) in [4.78, 5) is 3.87. The van der Waals surface area contributed by atoms with Gasteiger partial charge in [0.25, 0.3) is 10.0 Å². The molecule has 21 heavy (non-hydrogen) atoms. The molecule has 0 unspecified atom stereocenters. The van der Waals surface area contributed by atoms with E-state index in [-0.39, 0.29) is 21.6 Å². The predicted octanol–water partition coefficient (Wildman–Crippen LogP) is 2.18. The number of aryl methyl sites for hydroxylation is 1. The molecule has 1 aromatic carbocycles. The maximum absolute atomic E-state index is 14.0. The Balaban J connectivity index is 2.50. The minimum absolute atomic E-state index is 0.128. The number of aromatic nitrogens is 2. The summed E-state index contributed by atoms with van der Waals surface area (Å²) in [7, 11) is -3.96. The number of nitrogens with two attached hydrogens (primary N) is 1. The Morgan fingerprint density at radius 2 is 2.05 bits per heavy atom. The van der Waals surface area contributed by atoms with Gasteiger partial charge in [-0.25, -0.2) is 27.3 Å². The van der Waals surface area contributed by atoms with Gasteiger partial charge in [-0.3, -0.25) is 0 Å². The van der Waals surface area contributed by atoms with Crippen molar-refractivity contribution in [2.45, 2.75) is 24.9 Å². The maximum atomic E-state index is 14.0. The molecule has 0 atom stereocenters. The molecule has 2 rings (SSSR count). The Bertz CT molecular complexity index is 790. The quantitative estimate of drug-likeness (QED) is 0.826. The minimum atomic E-state index is -3.96. The number of imidazole rings is 1. The van der Waals surface area contributed by atoms with Crippen molar-refractivity contribution in [3.05, 3.63) is 45.8 Å². The van der Waals surface area contributed by atoms with Crippen molar-refractivity contribution >= 4 is 26.0 Å². The van der Waals surface area contributed by atoms with Gasteiger partial charge < -0.3 is 4.57 Å². The van der Waals surface area contributed by atoms with E-state index in [4.69, 9.17) is 5.14 Å². The van der Waals surface area contributed by atoms with Crippen molar-refractivity contribution in [1.29, 1.82) is 0 Å². The van der Waals surface area contributed by atoms with Crippen LogP contribution in [0.4, 0.5) is 8.78 Å². The highest BCUT2D eigenvalue weighted by Crippen LogP contribution is 2.23. The zero-order valence-electron chi connectivity index (χ0n) is 11.0. The number of hydrogen-bond donors (Lipinski definition) is 1. The fourth-order valence-electron chi connectivity index (χ4n) is 1.87. The summed E-state index contributed by atoms with van der Waals surface area (Å²) in [5.41, 5.74) is -0.183. The van der Waals surface area contributed by atoms with Crippen LogP contribution in [0.25, 0.3) is 0 Å². The van der Waals surface area contributed by atoms with Crippen LogP contribution in [0.2, 0.25) is 0 Å². The zero-order valence-corrected chi connectivity index (χ0v) is 13.4. The van der Waals surface area contributed by atoms with Crippen molar-refractivity contribution in [3.8, 4) is 0 Å². The first-order valence-corrected chi connectivity index (χ1v) is 8.29. The van der Waals surface area contributed by atoms with Crippen LogP contribution in [0, 0.1) is 11.6 Å². The average Bonchev–Trinajstić information content (AvgIpc) is 2.82. The Labute approximate surface area is 129 Å². The second-order valence-electron chi connectivity index (χ2n) is 4.34. The molecule has 1 aromatic heterocycles. The summed E-state index contributed by atoms with van der Waals surface area (Å²) >= 11 is 2.98. The highest BCUT2D eigenvalue weighted by atomic mass is 79.9. The highest BCUT2D eigenvalue weighted by molar-refractivity contribution is 9.10. The van der Waals surface area contributed by atoms with Crippen LogP contribution in [0.15, 0.2) is 27.8 Å². The predicted molar refractivity (Wildman–Crippen MR) is 76.1 cm³/mol. The fourth-order valence-corrected chi connectivity index (χ4v) is 2.75. The van der Waals surface area contributed by atoms with Gasteiger partial charge in [-0.2, -0.15) is 0 Å². The molecule has 0 bridgehead atoms. The molecule has 0 aliphatic heterocycles. The van der Waals surface area contributed by atoms with Gasteiger partial charge in [0.1, 0.15) is 17.5 Å². The van der Waals surface area contributed by atoms with E-state index in [1.54, 1.807) is 6.92 Å². The van der Waals surface area contributed by atoms with Crippen LogP contribution < -0.4 is 5.14 Å². The van der Waals surface area contributed by atoms with Crippen LogP contribution in [0.5, 0.6) is 0 Å². The summed E-state index contributed by atoms with van der Waals surface area (Å²) in [6.45, 7) is 1.57. The molecular weight excluding hydrogens is 368 g/mol. The smallest absolute Gasteiger partial charge is 0.257 e. The number of rotatable bonds is 4. The van der Waals surface area contributed by atoms with Crippen molar-refractivity contribution < 1.29 is 17.2 Å². The van der Waals surface area contributed by atoms with E-state index >= 15 is 0 Å². The lowest BCUT2D eigenvalue weighted by atomic mass is 10.2. The Morgan fingerprint density at radius 3 is 2.62 bits per heavy atom. The minimum Gasteiger partial charge on any atom is -0.329 e. The van der Waals surface area contributed by atoms with Crippen LogP contribution in [-0.4, -0.2) is 18.0 Å². The molecule has 114 valence electrons. The molecule has 2 aromatic rings. The van der Waals surface area contributed by atoms with E-state index in [0.717, 1.165) is 6.07 Å². The van der Waals surface area contributed by atoms with Crippen LogP contribution in [-0.2, 0) is 23.0 Å². The molecule has 5 nitrogen and oxygen atoms in total. The van der Waals surface area contributed by atoms with Gasteiger partial charge in [0.05, 0.1) is 11.0 Å². The third-order valence-corrected chi connectivity index (χ3v) is 4.30. The van der Waals surface area contributed by atoms with Crippen LogP contribution >= 0.6 is 15.9 Å². The first-order valence-electron chi connectivity index (χ1n) is 5.95. The van der Waals surface area contributed by atoms with E-state index in [1.807, 2.05) is 0 Å². The van der Waals surface area contributed by atoms with Gasteiger partial charge in [0.2, 0.25) is 0 Å². The summed E-state index contributed by atoms with van der Waals surface area (Å²) < 4.78 is 51.8. The van der Waals surface area contributed by atoms with Crippen molar-refractivity contribution in [1.82, 2.24) is 9.55 Å². The van der Waals surface area contributed by atoms with Gasteiger partial charge >= 0.3 is 0 Å². The molecule has 0 saturated carbocycles. The van der Waals surface area contributed by atoms with E-state index in [1.165, 1.54) is 16.8 Å². The fraction of sp³-hybridized carbons (Fsp3) is 0.250. The topological polar surface area (TPSA) is 78.0 Å². The highest BCUT2D eigenvalue weighted by Gasteiger charge is 2.18. The Hall–Kier alpha value is -1.32. The lowest BCUT2D eigenvalue weighted by Gasteiger charge is -2.09. The van der Waals surface area contributed by atoms with Crippen LogP contribution in [0.1, 0.15) is 18.3 Å². The van der Waals surface area contributed by atoms with Gasteiger partial charge in [0.15, 0.2) is 5.03 Å². The van der Waals surface area contributed by atoms with Gasteiger partial charge in [-0.1, -0.05) is 6.92 Å². The molecule has 0 aliphatic carbocycles. The summed E-state index contributed by atoms with van der Waals surface area (Å²) in [6, 6.07) is 2.39. The monoisotopic (exact) mass is 379 g/mol. The first kappa shape index (κ1) is 16.1. The third kappa shape index (κ3) is 3.30. The molecule has 1 heterocycles. The van der Waals surface area contributed by atoms with E-state index < -0.39 is 21.7 Å². The molecule has 0 saturated heterocycles. The number of primary sulfonamides is 1. The molecule has 0 radical (unpaired) electrons. The standard InChI is InChI=1S/C12H12BrF2N3O2S/c1-2-10-17-11(21(16,19)20)6-18(10)5-7-9(14)4-3-8(13)12(7)15/h3-4,6H,2,5H2,1H3,(H2,16,19,20). The lowest BCUT2D eigenvalue weighted by Crippen LogP contribution is -2.12. The number of halogens is 3. The summed E-state index contributed by atoms with van der Waals surface area (Å²) in [5.74, 6) is -1.08. The first-order chi connectivity index (χ1) is 9.74. The molecule has 9 heteroatoms. The SMILES string of the molecule is CCc1nc(S(N)(=O)=O)cn1Cc1c(F)ccc(Br)c1F. The number of benzene rings is 1. The van der Waals surface area contributed by atoms with Gasteiger partial charge in [0, 0.05) is 18.2 Å². The average molecular weight is 380 g/mol. The molecule has 0 amide bonds. The molecule has 0 spiro atoms. The summed E-state index contributed by atoms with van der Waals surface area (Å²) in [6.07, 6.45) is 1.57. The summed E-state index contributed by atoms with van der Waals surface area (Å²) in [5, 5.41) is 4.69. The largest absolute Gasteiger partial charge is 0.329 e. The lowest BCUT2D eigenvalue weighted by molar-refractivity contribution is 0.537. The van der Waals surface area contributed by atoms with Crippen molar-refractivity contribution in [2.24, 2.45) is 5.14 Å². The number of hydrogen-bond acceptors (Lipinski definition) is 3. The number of sulfonamides is 1. The van der Waals surface area contributed by atoms with E-state index in [2.05, 4.69) is 20.9 Å². The maximum Gasteiger partial charge on any atom is 0.257 e. The van der Waals surface area contributed by atoms with Crippen molar-refractivity contribution in [2.75, 3.05) is 0 Å². The van der Waals surface area contributed by atoms with Gasteiger partial charge in [-0.05, 0) is 28.1 Å². The van der Waals surface area contributed by atoms with E-state index in [0.29, 0.717) is 12.2 Å². The molecule has 0 fully saturated rings. The Morgan fingerprint density at radius 1 is 1.38 bits per heavy atom. The molecule has 0 aliphatic rings. The van der Waals surface area contributed by atoms with E-state index in [9.17, 15) is 17.2 Å². The molecule has 2 N–H and O–H groups in total. The van der Waals surface area contributed by atoms with Gasteiger partial charge in [-0.15, -0.1) is 0 Å². The Kier molecular flexibility index (Phi) is 4.45. The normalized spacial score (nSPS) is 11.9. The van der Waals surface area contributed by atoms with Crippen LogP contribution in [0.3, 0.4) is 0 Å². The second kappa shape index (κ2) is 5.82.